The van der Waals surface area contributed by atoms with Crippen LogP contribution >= 0.6 is 0 Å². The minimum absolute atomic E-state index is 0.201. The first kappa shape index (κ1) is 35.1. The molecular formula is C30H36FN5O8. The minimum atomic E-state index is -1.26. The van der Waals surface area contributed by atoms with Crippen molar-refractivity contribution in [3.63, 3.8) is 0 Å². The van der Waals surface area contributed by atoms with Gasteiger partial charge in [-0.15, -0.1) is 0 Å². The van der Waals surface area contributed by atoms with E-state index >= 15 is 0 Å². The molecule has 1 fully saturated rings. The van der Waals surface area contributed by atoms with Crippen LogP contribution in [0.4, 0.5) is 10.3 Å². The van der Waals surface area contributed by atoms with Crippen LogP contribution in [0.3, 0.4) is 0 Å². The second-order valence-electron chi connectivity index (χ2n) is 9.76. The Morgan fingerprint density at radius 3 is 1.77 bits per heavy atom. The Bertz CT molecular complexity index is 1400. The first-order valence-electron chi connectivity index (χ1n) is 13.4. The number of aromatic nitrogens is 2. The number of para-hydroxylation sites is 2. The van der Waals surface area contributed by atoms with Gasteiger partial charge in [-0.2, -0.15) is 0 Å². The number of benzene rings is 2. The van der Waals surface area contributed by atoms with Crippen LogP contribution in [0.15, 0.2) is 72.8 Å². The van der Waals surface area contributed by atoms with Gasteiger partial charge in [0, 0.05) is 63.6 Å². The van der Waals surface area contributed by atoms with Crippen LogP contribution in [-0.4, -0.2) is 117 Å². The summed E-state index contributed by atoms with van der Waals surface area (Å²) >= 11 is 0. The second-order valence-corrected chi connectivity index (χ2v) is 9.76. The molecule has 0 bridgehead atoms. The average Bonchev–Trinajstić information content (AvgIpc) is 3.34. The van der Waals surface area contributed by atoms with Crippen LogP contribution in [0.5, 0.6) is 0 Å². The Labute approximate surface area is 253 Å². The van der Waals surface area contributed by atoms with E-state index in [-0.39, 0.29) is 5.82 Å². The zero-order valence-electron chi connectivity index (χ0n) is 24.4. The number of nitrogens with zero attached hydrogens (tertiary/aromatic N) is 5. The van der Waals surface area contributed by atoms with E-state index in [1.165, 1.54) is 12.1 Å². The number of imidazole rings is 1. The van der Waals surface area contributed by atoms with E-state index in [1.54, 1.807) is 0 Å². The standard InChI is InChI=1S/C22H28FN5.2C4H4O4/c1-25(2)11-12-26-13-15-27(16-14-26)22-24-20-5-3-4-6-21(20)28(22)17-18-7-9-19(23)10-8-18;2*5-3(6)1-2-4(7)8/h3-10H,11-17H2,1-2H3;2*1-2H,(H,5,6)(H,7,8)/b;2*2-1+. The predicted octanol–water partition coefficient (Wildman–Crippen LogP) is 2.33. The van der Waals surface area contributed by atoms with E-state index < -0.39 is 23.9 Å². The van der Waals surface area contributed by atoms with Crippen LogP contribution in [0.1, 0.15) is 5.56 Å². The average molecular weight is 614 g/mol. The van der Waals surface area contributed by atoms with E-state index in [0.717, 1.165) is 61.8 Å². The molecule has 0 radical (unpaired) electrons. The van der Waals surface area contributed by atoms with E-state index in [1.807, 2.05) is 24.3 Å². The summed E-state index contributed by atoms with van der Waals surface area (Å²) in [7, 11) is 4.24. The minimum Gasteiger partial charge on any atom is -0.478 e. The van der Waals surface area contributed by atoms with Gasteiger partial charge in [-0.3, -0.25) is 4.90 Å². The monoisotopic (exact) mass is 613 g/mol. The third-order valence-corrected chi connectivity index (χ3v) is 6.14. The number of carboxylic acid groups (broad SMARTS) is 4. The number of piperazine rings is 1. The molecule has 2 aromatic carbocycles. The highest BCUT2D eigenvalue weighted by atomic mass is 19.1. The number of carboxylic acids is 4. The van der Waals surface area contributed by atoms with Gasteiger partial charge < -0.3 is 34.8 Å². The first-order valence-corrected chi connectivity index (χ1v) is 13.4. The van der Waals surface area contributed by atoms with Crippen LogP contribution in [0.2, 0.25) is 0 Å². The molecule has 4 N–H and O–H groups in total. The molecule has 1 aromatic heterocycles. The number of anilines is 1. The molecule has 1 aliphatic heterocycles. The molecule has 4 rings (SSSR count). The van der Waals surface area contributed by atoms with Gasteiger partial charge in [0.1, 0.15) is 5.82 Å². The third-order valence-electron chi connectivity index (χ3n) is 6.14. The summed E-state index contributed by atoms with van der Waals surface area (Å²) in [5.41, 5.74) is 3.21. The van der Waals surface area contributed by atoms with E-state index in [2.05, 4.69) is 45.5 Å². The Hall–Kier alpha value is -5.08. The number of carbonyl (C=O) groups is 4. The molecule has 2 heterocycles. The summed E-state index contributed by atoms with van der Waals surface area (Å²) in [5.74, 6) is -4.22. The van der Waals surface area contributed by atoms with Gasteiger partial charge in [-0.25, -0.2) is 28.6 Å². The van der Waals surface area contributed by atoms with Crippen molar-refractivity contribution >= 4 is 40.9 Å². The molecule has 1 aliphatic rings. The fourth-order valence-electron chi connectivity index (χ4n) is 4.03. The quantitative estimate of drug-likeness (QED) is 0.246. The smallest absolute Gasteiger partial charge is 0.328 e. The SMILES string of the molecule is CN(C)CCN1CCN(c2nc3ccccc3n2Cc2ccc(F)cc2)CC1.O=C(O)/C=C/C(=O)O.O=C(O)/C=C/C(=O)O. The van der Waals surface area contributed by atoms with Crippen molar-refractivity contribution in [3.8, 4) is 0 Å². The van der Waals surface area contributed by atoms with Crippen molar-refractivity contribution < 1.29 is 44.0 Å². The lowest BCUT2D eigenvalue weighted by Crippen LogP contribution is -2.48. The van der Waals surface area contributed by atoms with Crippen molar-refractivity contribution in [1.82, 2.24) is 19.4 Å². The molecule has 14 heteroatoms. The lowest BCUT2D eigenvalue weighted by Gasteiger charge is -2.36. The summed E-state index contributed by atoms with van der Waals surface area (Å²) in [6.07, 6.45) is 2.23. The summed E-state index contributed by atoms with van der Waals surface area (Å²) < 4.78 is 15.6. The van der Waals surface area contributed by atoms with Gasteiger partial charge in [0.25, 0.3) is 0 Å². The highest BCUT2D eigenvalue weighted by molar-refractivity contribution is 5.90. The molecule has 0 saturated carbocycles. The molecule has 44 heavy (non-hydrogen) atoms. The second kappa shape index (κ2) is 17.8. The zero-order chi connectivity index (χ0) is 32.6. The number of fused-ring (bicyclic) bond motifs is 1. The topological polar surface area (TPSA) is 177 Å². The molecule has 0 atom stereocenters. The van der Waals surface area contributed by atoms with Crippen LogP contribution in [0.25, 0.3) is 11.0 Å². The lowest BCUT2D eigenvalue weighted by molar-refractivity contribution is -0.134. The van der Waals surface area contributed by atoms with Crippen molar-refractivity contribution in [2.24, 2.45) is 0 Å². The number of aliphatic carboxylic acids is 4. The molecule has 13 nitrogen and oxygen atoms in total. The molecule has 0 spiro atoms. The number of likely N-dealkylation sites (N-methyl/N-ethyl adjacent to an activating group) is 1. The van der Waals surface area contributed by atoms with Crippen molar-refractivity contribution in [1.29, 1.82) is 0 Å². The zero-order valence-corrected chi connectivity index (χ0v) is 24.4. The van der Waals surface area contributed by atoms with E-state index in [4.69, 9.17) is 25.4 Å². The number of hydrogen-bond donors (Lipinski definition) is 4. The molecule has 0 unspecified atom stereocenters. The van der Waals surface area contributed by atoms with Gasteiger partial charge >= 0.3 is 23.9 Å². The van der Waals surface area contributed by atoms with Gasteiger partial charge in [-0.05, 0) is 43.9 Å². The number of halogens is 1. The molecule has 3 aromatic rings. The van der Waals surface area contributed by atoms with Gasteiger partial charge in [0.05, 0.1) is 17.6 Å². The van der Waals surface area contributed by atoms with Crippen LogP contribution in [-0.2, 0) is 25.7 Å². The van der Waals surface area contributed by atoms with Crippen molar-refractivity contribution in [3.05, 3.63) is 84.2 Å². The Morgan fingerprint density at radius 1 is 0.795 bits per heavy atom. The van der Waals surface area contributed by atoms with Gasteiger partial charge in [0.15, 0.2) is 0 Å². The Balaban J connectivity index is 0.000000349. The molecular weight excluding hydrogens is 577 g/mol. The van der Waals surface area contributed by atoms with Gasteiger partial charge in [-0.1, -0.05) is 24.3 Å². The number of rotatable bonds is 10. The lowest BCUT2D eigenvalue weighted by atomic mass is 10.2. The normalized spacial score (nSPS) is 13.4. The summed E-state index contributed by atoms with van der Waals surface area (Å²) in [4.78, 5) is 50.3. The summed E-state index contributed by atoms with van der Waals surface area (Å²) in [6, 6.07) is 15.0. The maximum absolute atomic E-state index is 13.3. The van der Waals surface area contributed by atoms with Crippen LogP contribution in [0, 0.1) is 5.82 Å². The highest BCUT2D eigenvalue weighted by Crippen LogP contribution is 2.25. The predicted molar refractivity (Wildman–Crippen MR) is 161 cm³/mol. The molecule has 0 amide bonds. The maximum atomic E-state index is 13.3. The highest BCUT2D eigenvalue weighted by Gasteiger charge is 2.22. The fraction of sp³-hybridized carbons (Fsp3) is 0.300. The molecule has 1 saturated heterocycles. The van der Waals surface area contributed by atoms with E-state index in [0.29, 0.717) is 30.8 Å². The largest absolute Gasteiger partial charge is 0.478 e. The first-order chi connectivity index (χ1) is 20.8. The summed E-state index contributed by atoms with van der Waals surface area (Å²) in [5, 5.41) is 31.2. The fourth-order valence-corrected chi connectivity index (χ4v) is 4.03. The van der Waals surface area contributed by atoms with Crippen molar-refractivity contribution in [2.45, 2.75) is 6.54 Å². The summed E-state index contributed by atoms with van der Waals surface area (Å²) in [6.45, 7) is 6.93. The Kier molecular flexibility index (Phi) is 14.2. The third kappa shape index (κ3) is 12.8. The number of hydrogen-bond acceptors (Lipinski definition) is 8. The Morgan fingerprint density at radius 2 is 1.30 bits per heavy atom. The molecule has 236 valence electrons. The van der Waals surface area contributed by atoms with E-state index in [9.17, 15) is 23.6 Å². The van der Waals surface area contributed by atoms with Gasteiger partial charge in [0.2, 0.25) is 5.95 Å². The molecule has 0 aliphatic carbocycles. The van der Waals surface area contributed by atoms with Crippen molar-refractivity contribution in [2.75, 3.05) is 58.3 Å². The van der Waals surface area contributed by atoms with Crippen LogP contribution < -0.4 is 4.90 Å². The maximum Gasteiger partial charge on any atom is 0.328 e.